The number of anilines is 1. The quantitative estimate of drug-likeness (QED) is 0.0400. The van der Waals surface area contributed by atoms with E-state index in [9.17, 15) is 62.7 Å². The van der Waals surface area contributed by atoms with Gasteiger partial charge in [0.2, 0.25) is 17.6 Å². The van der Waals surface area contributed by atoms with Gasteiger partial charge in [0.25, 0.3) is 5.12 Å². The molecule has 7 atom stereocenters. The number of aromatic nitrogens is 4. The van der Waals surface area contributed by atoms with Crippen LogP contribution in [0, 0.1) is 11.3 Å². The van der Waals surface area contributed by atoms with E-state index in [1.807, 2.05) is 0 Å². The summed E-state index contributed by atoms with van der Waals surface area (Å²) in [6.07, 6.45) is -6.93. The molecule has 0 spiro atoms. The van der Waals surface area contributed by atoms with Crippen molar-refractivity contribution in [3.05, 3.63) is 12.7 Å². The lowest BCUT2D eigenvalue weighted by atomic mass is 9.87. The summed E-state index contributed by atoms with van der Waals surface area (Å²) in [6.45, 7) is 3.84. The molecule has 7 unspecified atom stereocenters. The van der Waals surface area contributed by atoms with E-state index >= 15 is 0 Å². The highest BCUT2D eigenvalue weighted by molar-refractivity contribution is 8.15. The lowest BCUT2D eigenvalue weighted by Crippen LogP contribution is -2.46. The van der Waals surface area contributed by atoms with Gasteiger partial charge in [-0.15, -0.1) is 0 Å². The number of hydrogen-bond donors (Lipinski definition) is 9. The molecular weight excluding hydrogens is 835 g/mol. The maximum Gasteiger partial charge on any atom is 0.481 e. The van der Waals surface area contributed by atoms with Crippen molar-refractivity contribution in [1.29, 1.82) is 0 Å². The Labute approximate surface area is 322 Å². The number of fused-ring (bicyclic) bond motifs is 1. The molecule has 29 heteroatoms. The van der Waals surface area contributed by atoms with E-state index in [0.717, 1.165) is 29.0 Å². The molecule has 2 aromatic heterocycles. The predicted molar refractivity (Wildman–Crippen MR) is 192 cm³/mol. The average Bonchev–Trinajstić information content (AvgIpc) is 3.64. The number of rotatable bonds is 22. The summed E-state index contributed by atoms with van der Waals surface area (Å²) in [5.41, 5.74) is 4.22. The van der Waals surface area contributed by atoms with Crippen LogP contribution in [-0.4, -0.2) is 128 Å². The molecule has 1 saturated heterocycles. The molecule has 56 heavy (non-hydrogen) atoms. The third-order valence-corrected chi connectivity index (χ3v) is 11.6. The fourth-order valence-corrected chi connectivity index (χ4v) is 8.27. The van der Waals surface area contributed by atoms with Crippen molar-refractivity contribution in [3.63, 3.8) is 0 Å². The van der Waals surface area contributed by atoms with Gasteiger partial charge in [-0.2, -0.15) is 4.31 Å². The van der Waals surface area contributed by atoms with Crippen LogP contribution in [-0.2, 0) is 55.5 Å². The van der Waals surface area contributed by atoms with Gasteiger partial charge in [-0.25, -0.2) is 28.6 Å². The molecule has 0 aliphatic carbocycles. The van der Waals surface area contributed by atoms with Crippen LogP contribution in [0.3, 0.4) is 0 Å². The Balaban J connectivity index is 1.49. The lowest BCUT2D eigenvalue weighted by Gasteiger charge is -2.30. The first-order valence-electron chi connectivity index (χ1n) is 16.4. The SMILES string of the molecule is CC(C)CC(=O)C(=O)SCCNC(=O)CCNC(=O)C(O)C(C)(C)COP(=O)(O)OP(=O)(O)OCC1OC(n2cnc3c(N)ncnc32)C(O)C1OP(=O)(O)O. The molecule has 1 fully saturated rings. The number of carbonyl (C=O) groups is 4. The number of aliphatic hydroxyl groups excluding tert-OH is 2. The second kappa shape index (κ2) is 19.8. The highest BCUT2D eigenvalue weighted by Crippen LogP contribution is 2.61. The fourth-order valence-electron chi connectivity index (χ4n) is 4.81. The lowest BCUT2D eigenvalue weighted by molar-refractivity contribution is -0.137. The number of hydrogen-bond acceptors (Lipinski definition) is 19. The van der Waals surface area contributed by atoms with E-state index in [4.69, 9.17) is 19.5 Å². The third-order valence-electron chi connectivity index (χ3n) is 7.56. The zero-order valence-corrected chi connectivity index (χ0v) is 33.8. The van der Waals surface area contributed by atoms with Crippen molar-refractivity contribution in [2.24, 2.45) is 11.3 Å². The maximum atomic E-state index is 12.7. The summed E-state index contributed by atoms with van der Waals surface area (Å²) in [7, 11) is -16.4. The number of phosphoric acid groups is 3. The molecule has 1 aliphatic heterocycles. The molecule has 10 N–H and O–H groups in total. The van der Waals surface area contributed by atoms with Crippen LogP contribution in [0.2, 0.25) is 0 Å². The normalized spacial score (nSPS) is 21.7. The average molecular weight is 880 g/mol. The minimum atomic E-state index is -5.58. The number of amides is 2. The number of phosphoric ester groups is 3. The number of ether oxygens (including phenoxy) is 1. The monoisotopic (exact) mass is 879 g/mol. The van der Waals surface area contributed by atoms with Crippen LogP contribution < -0.4 is 16.4 Å². The Kier molecular flexibility index (Phi) is 16.8. The van der Waals surface area contributed by atoms with Crippen LogP contribution in [0.15, 0.2) is 12.7 Å². The first-order valence-corrected chi connectivity index (χ1v) is 21.9. The van der Waals surface area contributed by atoms with Gasteiger partial charge in [-0.1, -0.05) is 39.5 Å². The largest absolute Gasteiger partial charge is 0.481 e. The van der Waals surface area contributed by atoms with Gasteiger partial charge in [0.15, 0.2) is 17.7 Å². The highest BCUT2D eigenvalue weighted by atomic mass is 32.2. The van der Waals surface area contributed by atoms with Gasteiger partial charge in [0.05, 0.1) is 19.5 Å². The number of carbonyl (C=O) groups excluding carboxylic acids is 4. The number of Topliss-reactive ketones (excluding diaryl/α,β-unsaturated/α-hetero) is 1. The smallest absolute Gasteiger partial charge is 0.386 e. The molecule has 0 aromatic carbocycles. The van der Waals surface area contributed by atoms with Gasteiger partial charge >= 0.3 is 23.5 Å². The van der Waals surface area contributed by atoms with Gasteiger partial charge < -0.3 is 50.9 Å². The van der Waals surface area contributed by atoms with E-state index in [0.29, 0.717) is 0 Å². The number of nitrogen functional groups attached to an aromatic ring is 1. The number of ketones is 1. The van der Waals surface area contributed by atoms with Gasteiger partial charge in [-0.05, 0) is 5.92 Å². The molecule has 3 rings (SSSR count). The van der Waals surface area contributed by atoms with Crippen molar-refractivity contribution >= 4 is 74.9 Å². The second-order valence-electron chi connectivity index (χ2n) is 13.2. The molecule has 0 radical (unpaired) electrons. The van der Waals surface area contributed by atoms with Crippen LogP contribution in [0.25, 0.3) is 11.2 Å². The van der Waals surface area contributed by atoms with Crippen molar-refractivity contribution in [2.75, 3.05) is 37.8 Å². The topological polar surface area (TPSA) is 381 Å². The van der Waals surface area contributed by atoms with Crippen LogP contribution >= 0.6 is 35.2 Å². The fraction of sp³-hybridized carbons (Fsp3) is 0.667. The number of aliphatic hydroxyl groups is 2. The molecule has 0 saturated carbocycles. The Hall–Kier alpha value is -2.77. The summed E-state index contributed by atoms with van der Waals surface area (Å²) >= 11 is 0.771. The van der Waals surface area contributed by atoms with Gasteiger partial charge in [0.1, 0.15) is 36.3 Å². The summed E-state index contributed by atoms with van der Waals surface area (Å²) in [4.78, 5) is 99.0. The Morgan fingerprint density at radius 3 is 2.34 bits per heavy atom. The second-order valence-corrected chi connectivity index (χ2v) is 18.5. The minimum Gasteiger partial charge on any atom is -0.386 e. The Bertz CT molecular complexity index is 1880. The van der Waals surface area contributed by atoms with E-state index in [2.05, 4.69) is 34.4 Å². The Morgan fingerprint density at radius 2 is 1.70 bits per heavy atom. The zero-order chi connectivity index (χ0) is 42.2. The molecule has 2 amide bonds. The van der Waals surface area contributed by atoms with Crippen LogP contribution in [0.1, 0.15) is 46.8 Å². The number of thioether (sulfide) groups is 1. The number of nitrogens with two attached hydrogens (primary N) is 1. The van der Waals surface area contributed by atoms with Gasteiger partial charge in [-0.3, -0.25) is 37.3 Å². The first kappa shape index (κ1) is 47.6. The van der Waals surface area contributed by atoms with Crippen molar-refractivity contribution in [1.82, 2.24) is 30.2 Å². The number of nitrogens with zero attached hydrogens (tertiary/aromatic N) is 4. The van der Waals surface area contributed by atoms with Gasteiger partial charge in [0, 0.05) is 37.1 Å². The zero-order valence-electron chi connectivity index (χ0n) is 30.3. The Morgan fingerprint density at radius 1 is 1.04 bits per heavy atom. The van der Waals surface area contributed by atoms with E-state index in [-0.39, 0.29) is 54.6 Å². The third kappa shape index (κ3) is 14.3. The minimum absolute atomic E-state index is 0.0235. The summed E-state index contributed by atoms with van der Waals surface area (Å²) in [5, 5.41) is 25.6. The van der Waals surface area contributed by atoms with Crippen molar-refractivity contribution in [3.8, 4) is 0 Å². The molecule has 2 aromatic rings. The maximum absolute atomic E-state index is 12.7. The van der Waals surface area contributed by atoms with Crippen molar-refractivity contribution < 1.29 is 85.3 Å². The standard InChI is InChI=1S/C27H44N7O18P3S/c1-14(2)9-15(35)26(40)56-8-7-29-17(36)5-6-30-24(39)21(38)27(3,4)11-49-55(46,47)52-54(44,45)48-10-16-20(51-53(41,42)43)19(37)25(50-16)34-13-33-18-22(28)31-12-32-23(18)34/h12-14,16,19-21,25,37-38H,5-11H2,1-4H3,(H,29,36)(H,30,39)(H,44,45)(H,46,47)(H2,28,31,32)(H2,41,42,43). The molecule has 25 nitrogen and oxygen atoms in total. The van der Waals surface area contributed by atoms with Crippen LogP contribution in [0.4, 0.5) is 5.82 Å². The number of nitrogens with one attached hydrogen (secondary N) is 2. The predicted octanol–water partition coefficient (Wildman–Crippen LogP) is -0.720. The summed E-state index contributed by atoms with van der Waals surface area (Å²) < 4.78 is 62.0. The van der Waals surface area contributed by atoms with Crippen LogP contribution in [0.5, 0.6) is 0 Å². The van der Waals surface area contributed by atoms with E-state index < -0.39 is 95.5 Å². The molecular formula is C27H44N7O18P3S. The molecule has 0 bridgehead atoms. The summed E-state index contributed by atoms with van der Waals surface area (Å²) in [5.74, 6) is -1.90. The summed E-state index contributed by atoms with van der Waals surface area (Å²) in [6, 6.07) is 0. The first-order chi connectivity index (χ1) is 25.8. The molecule has 316 valence electrons. The molecule has 3 heterocycles. The van der Waals surface area contributed by atoms with E-state index in [1.54, 1.807) is 13.8 Å². The molecule has 1 aliphatic rings. The van der Waals surface area contributed by atoms with Crippen molar-refractivity contribution in [2.45, 2.75) is 71.2 Å². The van der Waals surface area contributed by atoms with E-state index in [1.165, 1.54) is 13.8 Å². The number of imidazole rings is 1. The highest BCUT2D eigenvalue weighted by Gasteiger charge is 2.50.